The third kappa shape index (κ3) is 3.06. The van der Waals surface area contributed by atoms with Gasteiger partial charge in [-0.15, -0.1) is 0 Å². The van der Waals surface area contributed by atoms with Gasteiger partial charge in [-0.3, -0.25) is 4.79 Å². The molecule has 3 aliphatic rings. The van der Waals surface area contributed by atoms with E-state index in [0.29, 0.717) is 18.8 Å². The molecule has 1 saturated heterocycles. The zero-order valence-electron chi connectivity index (χ0n) is 16.3. The Bertz CT molecular complexity index is 1110. The van der Waals surface area contributed by atoms with E-state index in [1.807, 2.05) is 17.0 Å². The third-order valence-electron chi connectivity index (χ3n) is 6.16. The highest BCUT2D eigenvalue weighted by Gasteiger charge is 2.38. The summed E-state index contributed by atoms with van der Waals surface area (Å²) in [5, 5.41) is 0. The minimum Gasteiger partial charge on any atom is -0.338 e. The van der Waals surface area contributed by atoms with Crippen molar-refractivity contribution in [2.75, 3.05) is 18.0 Å². The number of nitrogens with zero attached hydrogens (tertiary/aromatic N) is 2. The molecule has 2 aromatic carbocycles. The van der Waals surface area contributed by atoms with E-state index in [4.69, 9.17) is 0 Å². The molecule has 6 heteroatoms. The van der Waals surface area contributed by atoms with Crippen LogP contribution in [0.15, 0.2) is 58.5 Å². The second-order valence-electron chi connectivity index (χ2n) is 7.99. The number of amides is 1. The second kappa shape index (κ2) is 7.02. The van der Waals surface area contributed by atoms with Crippen molar-refractivity contribution in [3.63, 3.8) is 0 Å². The van der Waals surface area contributed by atoms with Gasteiger partial charge in [-0.2, -0.15) is 0 Å². The van der Waals surface area contributed by atoms with Crippen molar-refractivity contribution in [3.8, 4) is 0 Å². The lowest BCUT2D eigenvalue weighted by Crippen LogP contribution is -2.39. The molecule has 150 valence electrons. The second-order valence-corrected chi connectivity index (χ2v) is 9.88. The number of anilines is 2. The van der Waals surface area contributed by atoms with Crippen LogP contribution in [0.1, 0.15) is 36.8 Å². The first kappa shape index (κ1) is 18.4. The molecule has 5 nitrogen and oxygen atoms in total. The topological polar surface area (TPSA) is 57.7 Å². The first-order chi connectivity index (χ1) is 14.1. The molecule has 0 radical (unpaired) electrons. The van der Waals surface area contributed by atoms with Crippen molar-refractivity contribution in [1.29, 1.82) is 0 Å². The Kier molecular flexibility index (Phi) is 4.46. The fourth-order valence-corrected chi connectivity index (χ4v) is 6.14. The van der Waals surface area contributed by atoms with Crippen LogP contribution in [0.5, 0.6) is 0 Å². The quantitative estimate of drug-likeness (QED) is 0.755. The predicted molar refractivity (Wildman–Crippen MR) is 113 cm³/mol. The molecule has 29 heavy (non-hydrogen) atoms. The number of hydrogen-bond donors (Lipinski definition) is 0. The van der Waals surface area contributed by atoms with E-state index in [9.17, 15) is 13.2 Å². The number of hydrogen-bond acceptors (Lipinski definition) is 4. The van der Waals surface area contributed by atoms with Crippen LogP contribution in [0.25, 0.3) is 0 Å². The number of fused-ring (bicyclic) bond motifs is 2. The SMILES string of the molecule is O=C(C1=CN(c2ccc3c(c2)CCC3)c2ccccc2S1(=O)=O)N1CCCCC1. The van der Waals surface area contributed by atoms with Crippen LogP contribution in [0.2, 0.25) is 0 Å². The lowest BCUT2D eigenvalue weighted by molar-refractivity contribution is -0.127. The molecule has 0 spiro atoms. The summed E-state index contributed by atoms with van der Waals surface area (Å²) in [5.41, 5.74) is 4.17. The Balaban J connectivity index is 1.63. The normalized spacial score (nSPS) is 20.1. The molecule has 1 aliphatic carbocycles. The highest BCUT2D eigenvalue weighted by molar-refractivity contribution is 7.96. The summed E-state index contributed by atoms with van der Waals surface area (Å²) in [4.78, 5) is 16.8. The smallest absolute Gasteiger partial charge is 0.267 e. The first-order valence-electron chi connectivity index (χ1n) is 10.3. The van der Waals surface area contributed by atoms with Gasteiger partial charge in [-0.1, -0.05) is 18.2 Å². The number of carbonyl (C=O) groups is 1. The molecule has 0 aromatic heterocycles. The van der Waals surface area contributed by atoms with Crippen LogP contribution in [0.3, 0.4) is 0 Å². The Morgan fingerprint density at radius 2 is 1.62 bits per heavy atom. The third-order valence-corrected chi connectivity index (χ3v) is 7.95. The van der Waals surface area contributed by atoms with Crippen LogP contribution in [0.4, 0.5) is 11.4 Å². The van der Waals surface area contributed by atoms with E-state index in [2.05, 4.69) is 12.1 Å². The summed E-state index contributed by atoms with van der Waals surface area (Å²) in [6, 6.07) is 13.2. The van der Waals surface area contributed by atoms with Crippen LogP contribution >= 0.6 is 0 Å². The van der Waals surface area contributed by atoms with E-state index in [1.54, 1.807) is 23.1 Å². The Hall–Kier alpha value is -2.60. The van der Waals surface area contributed by atoms with Crippen LogP contribution in [0, 0.1) is 0 Å². The summed E-state index contributed by atoms with van der Waals surface area (Å²) in [7, 11) is -3.86. The Morgan fingerprint density at radius 3 is 2.45 bits per heavy atom. The maximum absolute atomic E-state index is 13.3. The van der Waals surface area contributed by atoms with Crippen molar-refractivity contribution < 1.29 is 13.2 Å². The zero-order valence-corrected chi connectivity index (χ0v) is 17.1. The van der Waals surface area contributed by atoms with Crippen molar-refractivity contribution >= 4 is 27.1 Å². The fraction of sp³-hybridized carbons (Fsp3) is 0.348. The zero-order chi connectivity index (χ0) is 20.0. The van der Waals surface area contributed by atoms with Gasteiger partial charge in [0.2, 0.25) is 9.84 Å². The monoisotopic (exact) mass is 408 g/mol. The standard InChI is InChI=1S/C23H24N2O3S/c26-23(24-13-4-1-5-14-24)22-16-25(19-12-11-17-7-6-8-18(17)15-19)20-9-2-3-10-21(20)29(22,27)28/h2-3,9-12,15-16H,1,4-8,13-14H2. The number of rotatable bonds is 2. The summed E-state index contributed by atoms with van der Waals surface area (Å²) < 4.78 is 26.6. The highest BCUT2D eigenvalue weighted by atomic mass is 32.2. The molecule has 0 atom stereocenters. The van der Waals surface area contributed by atoms with Crippen molar-refractivity contribution in [2.45, 2.75) is 43.4 Å². The molecule has 2 aliphatic heterocycles. The van der Waals surface area contributed by atoms with E-state index in [-0.39, 0.29) is 15.7 Å². The predicted octanol–water partition coefficient (Wildman–Crippen LogP) is 3.95. The molecule has 5 rings (SSSR count). The van der Waals surface area contributed by atoms with Gasteiger partial charge >= 0.3 is 0 Å². The van der Waals surface area contributed by atoms with Gasteiger partial charge in [0.1, 0.15) is 0 Å². The molecule has 2 heterocycles. The minimum atomic E-state index is -3.86. The van der Waals surface area contributed by atoms with Gasteiger partial charge in [-0.25, -0.2) is 8.42 Å². The summed E-state index contributed by atoms with van der Waals surface area (Å²) in [5.74, 6) is -0.384. The number of piperidine rings is 1. The maximum Gasteiger partial charge on any atom is 0.267 e. The average Bonchev–Trinajstić information content (AvgIpc) is 3.22. The molecule has 1 amide bonds. The lowest BCUT2D eigenvalue weighted by Gasteiger charge is -2.32. The van der Waals surface area contributed by atoms with E-state index < -0.39 is 9.84 Å². The molecular weight excluding hydrogens is 384 g/mol. The highest BCUT2D eigenvalue weighted by Crippen LogP contribution is 2.41. The number of benzene rings is 2. The lowest BCUT2D eigenvalue weighted by atomic mass is 10.1. The minimum absolute atomic E-state index is 0.126. The maximum atomic E-state index is 13.3. The molecule has 2 aromatic rings. The molecule has 1 fully saturated rings. The molecular formula is C23H24N2O3S. The van der Waals surface area contributed by atoms with E-state index in [1.165, 1.54) is 17.3 Å². The Morgan fingerprint density at radius 1 is 0.862 bits per heavy atom. The fourth-order valence-electron chi connectivity index (χ4n) is 4.60. The number of sulfone groups is 1. The first-order valence-corrected chi connectivity index (χ1v) is 11.8. The van der Waals surface area contributed by atoms with Crippen LogP contribution in [-0.4, -0.2) is 32.3 Å². The summed E-state index contributed by atoms with van der Waals surface area (Å²) in [6.45, 7) is 1.23. The van der Waals surface area contributed by atoms with Gasteiger partial charge < -0.3 is 9.80 Å². The van der Waals surface area contributed by atoms with Crippen LogP contribution < -0.4 is 4.90 Å². The van der Waals surface area contributed by atoms with E-state index >= 15 is 0 Å². The summed E-state index contributed by atoms with van der Waals surface area (Å²) >= 11 is 0. The van der Waals surface area contributed by atoms with Gasteiger partial charge in [-0.05, 0) is 73.9 Å². The van der Waals surface area contributed by atoms with Gasteiger partial charge in [0, 0.05) is 25.0 Å². The average molecular weight is 409 g/mol. The van der Waals surface area contributed by atoms with Crippen molar-refractivity contribution in [1.82, 2.24) is 4.90 Å². The number of likely N-dealkylation sites (tertiary alicyclic amines) is 1. The molecule has 0 bridgehead atoms. The summed E-state index contributed by atoms with van der Waals surface area (Å²) in [6.07, 6.45) is 7.74. The molecule has 0 saturated carbocycles. The molecule has 0 N–H and O–H groups in total. The number of para-hydroxylation sites is 1. The largest absolute Gasteiger partial charge is 0.338 e. The number of aryl methyl sites for hydroxylation is 2. The van der Waals surface area contributed by atoms with Gasteiger partial charge in [0.25, 0.3) is 5.91 Å². The molecule has 0 unspecified atom stereocenters. The van der Waals surface area contributed by atoms with Gasteiger partial charge in [0.05, 0.1) is 10.6 Å². The Labute approximate surface area is 171 Å². The number of carbonyl (C=O) groups excluding carboxylic acids is 1. The van der Waals surface area contributed by atoms with Crippen LogP contribution in [-0.2, 0) is 27.5 Å². The van der Waals surface area contributed by atoms with Crippen molar-refractivity contribution in [3.05, 3.63) is 64.7 Å². The van der Waals surface area contributed by atoms with Gasteiger partial charge in [0.15, 0.2) is 4.91 Å². The van der Waals surface area contributed by atoms with E-state index in [0.717, 1.165) is 44.2 Å². The van der Waals surface area contributed by atoms with Crippen molar-refractivity contribution in [2.24, 2.45) is 0 Å².